The van der Waals surface area contributed by atoms with Crippen molar-refractivity contribution in [2.45, 2.75) is 43.8 Å². The molecule has 1 aliphatic carbocycles. The van der Waals surface area contributed by atoms with Crippen LogP contribution in [0, 0.1) is 0 Å². The summed E-state index contributed by atoms with van der Waals surface area (Å²) in [5, 5.41) is 6.66. The van der Waals surface area contributed by atoms with Crippen LogP contribution in [0.25, 0.3) is 0 Å². The topological polar surface area (TPSA) is 104 Å². The van der Waals surface area contributed by atoms with Crippen molar-refractivity contribution < 1.29 is 22.5 Å². The van der Waals surface area contributed by atoms with Gasteiger partial charge >= 0.3 is 6.18 Å². The number of halogens is 3. The average Bonchev–Trinajstić information content (AvgIpc) is 3.37. The van der Waals surface area contributed by atoms with Gasteiger partial charge in [-0.2, -0.15) is 13.2 Å². The molecule has 1 saturated carbocycles. The van der Waals surface area contributed by atoms with Gasteiger partial charge in [0.15, 0.2) is 11.4 Å². The summed E-state index contributed by atoms with van der Waals surface area (Å²) in [6, 6.07) is 1.94. The number of rotatable bonds is 4. The zero-order chi connectivity index (χ0) is 19.9. The maximum Gasteiger partial charge on any atom is 0.433 e. The number of hydrogen-bond acceptors (Lipinski definition) is 6. The number of aromatic amines is 1. The van der Waals surface area contributed by atoms with Crippen molar-refractivity contribution in [2.24, 2.45) is 0 Å². The number of aromatic nitrogens is 3. The Morgan fingerprint density at radius 1 is 1.21 bits per heavy atom. The molecule has 0 radical (unpaired) electrons. The number of piperidine rings is 1. The second kappa shape index (κ2) is 6.95. The fourth-order valence-electron chi connectivity index (χ4n) is 3.19. The van der Waals surface area contributed by atoms with Gasteiger partial charge in [0.2, 0.25) is 5.95 Å². The predicted molar refractivity (Wildman–Crippen MR) is 91.0 cm³/mol. The molecule has 0 spiro atoms. The fraction of sp³-hybridized carbons (Fsp3) is 0.529. The van der Waals surface area contributed by atoms with Crippen LogP contribution in [0.5, 0.6) is 0 Å². The number of H-pyrrole nitrogens is 1. The monoisotopic (exact) mass is 397 g/mol. The highest BCUT2D eigenvalue weighted by Crippen LogP contribution is 2.40. The first-order valence-electron chi connectivity index (χ1n) is 9.00. The van der Waals surface area contributed by atoms with Gasteiger partial charge in [0.25, 0.3) is 11.5 Å². The van der Waals surface area contributed by atoms with E-state index < -0.39 is 17.4 Å². The highest BCUT2D eigenvalue weighted by molar-refractivity contribution is 5.92. The van der Waals surface area contributed by atoms with Gasteiger partial charge in [0, 0.05) is 37.2 Å². The van der Waals surface area contributed by atoms with Gasteiger partial charge in [-0.1, -0.05) is 5.16 Å². The van der Waals surface area contributed by atoms with Crippen molar-refractivity contribution in [1.29, 1.82) is 0 Å². The van der Waals surface area contributed by atoms with Gasteiger partial charge in [-0.3, -0.25) is 14.6 Å². The molecule has 1 saturated heterocycles. The third-order valence-corrected chi connectivity index (χ3v) is 4.89. The van der Waals surface area contributed by atoms with E-state index >= 15 is 0 Å². The molecule has 0 aromatic carbocycles. The molecule has 0 unspecified atom stereocenters. The van der Waals surface area contributed by atoms with E-state index in [0.717, 1.165) is 18.6 Å². The molecule has 0 atom stereocenters. The van der Waals surface area contributed by atoms with Crippen molar-refractivity contribution in [3.8, 4) is 0 Å². The minimum Gasteiger partial charge on any atom is -0.360 e. The maximum atomic E-state index is 12.8. The van der Waals surface area contributed by atoms with E-state index in [0.29, 0.717) is 37.9 Å². The Balaban J connectivity index is 1.36. The molecule has 11 heteroatoms. The third kappa shape index (κ3) is 4.02. The van der Waals surface area contributed by atoms with Crippen LogP contribution in [0.1, 0.15) is 53.5 Å². The van der Waals surface area contributed by atoms with Crippen molar-refractivity contribution in [3.63, 3.8) is 0 Å². The van der Waals surface area contributed by atoms with Gasteiger partial charge in [-0.05, 0) is 25.7 Å². The quantitative estimate of drug-likeness (QED) is 0.818. The molecule has 2 aromatic rings. The summed E-state index contributed by atoms with van der Waals surface area (Å²) in [4.78, 5) is 31.2. The number of carbonyl (C=O) groups excluding carboxylic acids is 1. The second-order valence-electron chi connectivity index (χ2n) is 7.08. The van der Waals surface area contributed by atoms with E-state index in [1.165, 1.54) is 0 Å². The third-order valence-electron chi connectivity index (χ3n) is 4.89. The van der Waals surface area contributed by atoms with Crippen LogP contribution in [0.3, 0.4) is 0 Å². The minimum atomic E-state index is -4.69. The van der Waals surface area contributed by atoms with E-state index in [1.807, 2.05) is 0 Å². The SMILES string of the molecule is O=C(NC1CCN(c2nc(C(F)(F)F)cc(=O)[nH]2)CC1)c1cc(C2CC2)on1. The molecule has 8 nitrogen and oxygen atoms in total. The lowest BCUT2D eigenvalue weighted by Gasteiger charge is -2.32. The lowest BCUT2D eigenvalue weighted by molar-refractivity contribution is -0.141. The number of nitrogens with one attached hydrogen (secondary N) is 2. The van der Waals surface area contributed by atoms with Crippen LogP contribution in [0.4, 0.5) is 19.1 Å². The molecular weight excluding hydrogens is 379 g/mol. The minimum absolute atomic E-state index is 0.116. The van der Waals surface area contributed by atoms with Crippen LogP contribution in [-0.2, 0) is 6.18 Å². The molecule has 4 rings (SSSR count). The largest absolute Gasteiger partial charge is 0.433 e. The van der Waals surface area contributed by atoms with Gasteiger partial charge < -0.3 is 14.7 Å². The summed E-state index contributed by atoms with van der Waals surface area (Å²) >= 11 is 0. The van der Waals surface area contributed by atoms with Crippen molar-refractivity contribution in [2.75, 3.05) is 18.0 Å². The predicted octanol–water partition coefficient (Wildman–Crippen LogP) is 2.05. The van der Waals surface area contributed by atoms with E-state index in [2.05, 4.69) is 20.4 Å². The van der Waals surface area contributed by atoms with Crippen LogP contribution >= 0.6 is 0 Å². The normalized spacial score (nSPS) is 18.3. The highest BCUT2D eigenvalue weighted by atomic mass is 19.4. The number of alkyl halides is 3. The second-order valence-corrected chi connectivity index (χ2v) is 7.08. The van der Waals surface area contributed by atoms with E-state index in [1.54, 1.807) is 11.0 Å². The zero-order valence-electron chi connectivity index (χ0n) is 14.8. The molecule has 1 aliphatic heterocycles. The zero-order valence-corrected chi connectivity index (χ0v) is 14.8. The van der Waals surface area contributed by atoms with E-state index in [9.17, 15) is 22.8 Å². The summed E-state index contributed by atoms with van der Waals surface area (Å²) in [6.45, 7) is 0.697. The van der Waals surface area contributed by atoms with Gasteiger partial charge in [-0.15, -0.1) is 0 Å². The van der Waals surface area contributed by atoms with Crippen molar-refractivity contribution >= 4 is 11.9 Å². The Bertz CT molecular complexity index is 927. The molecule has 2 aromatic heterocycles. The molecule has 2 fully saturated rings. The Morgan fingerprint density at radius 2 is 1.93 bits per heavy atom. The average molecular weight is 397 g/mol. The van der Waals surface area contributed by atoms with Gasteiger partial charge in [0.1, 0.15) is 5.76 Å². The number of amides is 1. The number of carbonyl (C=O) groups is 1. The molecule has 0 bridgehead atoms. The molecule has 1 amide bonds. The number of hydrogen-bond donors (Lipinski definition) is 2. The Morgan fingerprint density at radius 3 is 2.57 bits per heavy atom. The summed E-state index contributed by atoms with van der Waals surface area (Å²) in [5.74, 6) is 0.633. The van der Waals surface area contributed by atoms with E-state index in [-0.39, 0.29) is 23.6 Å². The molecule has 2 aliphatic rings. The van der Waals surface area contributed by atoms with Crippen LogP contribution < -0.4 is 15.8 Å². The summed E-state index contributed by atoms with van der Waals surface area (Å²) < 4.78 is 43.7. The molecular formula is C17H18F3N5O3. The number of nitrogens with zero attached hydrogens (tertiary/aromatic N) is 3. The molecule has 3 heterocycles. The summed E-state index contributed by atoms with van der Waals surface area (Å²) in [5.41, 5.74) is -1.85. The van der Waals surface area contributed by atoms with E-state index in [4.69, 9.17) is 4.52 Å². The Kier molecular flexibility index (Phi) is 4.60. The standard InChI is InChI=1S/C17H18F3N5O3/c18-17(19,20)13-8-14(26)23-16(22-13)25-5-3-10(4-6-25)21-15(27)11-7-12(28-24-11)9-1-2-9/h7-10H,1-6H2,(H,21,27)(H,22,23,26). The summed E-state index contributed by atoms with van der Waals surface area (Å²) in [6.07, 6.45) is -1.61. The van der Waals surface area contributed by atoms with Crippen molar-refractivity contribution in [3.05, 3.63) is 39.6 Å². The first-order chi connectivity index (χ1) is 13.3. The fourth-order valence-corrected chi connectivity index (χ4v) is 3.19. The molecule has 2 N–H and O–H groups in total. The Hall–Kier alpha value is -2.85. The summed E-state index contributed by atoms with van der Waals surface area (Å²) in [7, 11) is 0. The number of anilines is 1. The van der Waals surface area contributed by atoms with Gasteiger partial charge in [-0.25, -0.2) is 4.98 Å². The lowest BCUT2D eigenvalue weighted by Crippen LogP contribution is -2.45. The smallest absolute Gasteiger partial charge is 0.360 e. The maximum absolute atomic E-state index is 12.8. The highest BCUT2D eigenvalue weighted by Gasteiger charge is 2.34. The Labute approximate surface area is 157 Å². The van der Waals surface area contributed by atoms with Crippen LogP contribution in [0.2, 0.25) is 0 Å². The molecule has 150 valence electrons. The first kappa shape index (κ1) is 18.5. The van der Waals surface area contributed by atoms with Crippen LogP contribution in [0.15, 0.2) is 21.5 Å². The van der Waals surface area contributed by atoms with Crippen molar-refractivity contribution in [1.82, 2.24) is 20.4 Å². The lowest BCUT2D eigenvalue weighted by atomic mass is 10.1. The van der Waals surface area contributed by atoms with Crippen LogP contribution in [-0.4, -0.2) is 40.2 Å². The van der Waals surface area contributed by atoms with Gasteiger partial charge in [0.05, 0.1) is 0 Å². The first-order valence-corrected chi connectivity index (χ1v) is 9.00. The molecule has 28 heavy (non-hydrogen) atoms.